The summed E-state index contributed by atoms with van der Waals surface area (Å²) >= 11 is 0. The third-order valence-electron chi connectivity index (χ3n) is 3.38. The van der Waals surface area contributed by atoms with E-state index < -0.39 is 6.04 Å². The summed E-state index contributed by atoms with van der Waals surface area (Å²) < 4.78 is 16.0. The molecule has 0 fully saturated rings. The van der Waals surface area contributed by atoms with Crippen LogP contribution in [0.25, 0.3) is 0 Å². The van der Waals surface area contributed by atoms with Crippen LogP contribution < -0.4 is 20.5 Å². The minimum absolute atomic E-state index is 0.115. The van der Waals surface area contributed by atoms with E-state index in [0.29, 0.717) is 19.0 Å². The van der Waals surface area contributed by atoms with Gasteiger partial charge < -0.3 is 25.3 Å². The van der Waals surface area contributed by atoms with Gasteiger partial charge in [-0.2, -0.15) is 0 Å². The molecule has 0 saturated heterocycles. The zero-order valence-corrected chi connectivity index (χ0v) is 12.4. The van der Waals surface area contributed by atoms with Crippen molar-refractivity contribution in [2.45, 2.75) is 25.4 Å². The minimum Gasteiger partial charge on any atom is -0.486 e. The summed E-state index contributed by atoms with van der Waals surface area (Å²) in [5.41, 5.74) is 6.71. The Morgan fingerprint density at radius 1 is 1.38 bits per heavy atom. The zero-order valence-electron chi connectivity index (χ0n) is 12.4. The first-order chi connectivity index (χ1) is 10.2. The average molecular weight is 294 g/mol. The molecule has 0 spiro atoms. The van der Waals surface area contributed by atoms with Gasteiger partial charge in [0.1, 0.15) is 19.3 Å². The van der Waals surface area contributed by atoms with E-state index in [0.717, 1.165) is 17.7 Å². The number of hydrogen-bond acceptors (Lipinski definition) is 5. The number of rotatable bonds is 6. The van der Waals surface area contributed by atoms with Crippen molar-refractivity contribution in [1.82, 2.24) is 5.32 Å². The number of methoxy groups -OCH3 is 1. The normalized spacial score (nSPS) is 16.1. The first kappa shape index (κ1) is 15.6. The average Bonchev–Trinajstić information content (AvgIpc) is 2.52. The third-order valence-corrected chi connectivity index (χ3v) is 3.38. The van der Waals surface area contributed by atoms with Gasteiger partial charge in [-0.05, 0) is 24.1 Å². The second-order valence-corrected chi connectivity index (χ2v) is 4.93. The van der Waals surface area contributed by atoms with Gasteiger partial charge in [0.2, 0.25) is 5.91 Å². The van der Waals surface area contributed by atoms with Crippen LogP contribution in [0.4, 0.5) is 0 Å². The zero-order chi connectivity index (χ0) is 15.2. The number of benzene rings is 1. The number of ether oxygens (including phenoxy) is 3. The molecule has 0 aromatic heterocycles. The van der Waals surface area contributed by atoms with Crippen molar-refractivity contribution in [1.29, 1.82) is 0 Å². The molecule has 2 atom stereocenters. The lowest BCUT2D eigenvalue weighted by atomic mass is 10.0. The maximum absolute atomic E-state index is 12.0. The fourth-order valence-corrected chi connectivity index (χ4v) is 2.23. The van der Waals surface area contributed by atoms with Crippen LogP contribution in [0.15, 0.2) is 18.2 Å². The van der Waals surface area contributed by atoms with Crippen LogP contribution in [0.3, 0.4) is 0 Å². The van der Waals surface area contributed by atoms with Gasteiger partial charge in [-0.1, -0.05) is 13.0 Å². The van der Waals surface area contributed by atoms with Crippen LogP contribution >= 0.6 is 0 Å². The molecule has 1 heterocycles. The summed E-state index contributed by atoms with van der Waals surface area (Å²) in [5, 5.41) is 2.93. The number of amides is 1. The van der Waals surface area contributed by atoms with Crippen LogP contribution in [0, 0.1) is 0 Å². The Morgan fingerprint density at radius 2 is 2.10 bits per heavy atom. The molecule has 1 aromatic carbocycles. The van der Waals surface area contributed by atoms with Crippen molar-refractivity contribution in [2.24, 2.45) is 5.73 Å². The summed E-state index contributed by atoms with van der Waals surface area (Å²) in [5.74, 6) is 1.23. The highest BCUT2D eigenvalue weighted by Gasteiger charge is 2.20. The standard InChI is InChI=1S/C15H22N2O4/c1-3-12(17-15(18)11(16)9-19-2)10-4-5-13-14(8-10)21-7-6-20-13/h4-5,8,11-12H,3,6-7,9,16H2,1-2H3,(H,17,18). The molecule has 21 heavy (non-hydrogen) atoms. The Hall–Kier alpha value is -1.79. The van der Waals surface area contributed by atoms with E-state index in [1.807, 2.05) is 25.1 Å². The second kappa shape index (κ2) is 7.28. The smallest absolute Gasteiger partial charge is 0.239 e. The van der Waals surface area contributed by atoms with Gasteiger partial charge in [0.15, 0.2) is 11.5 Å². The first-order valence-electron chi connectivity index (χ1n) is 7.10. The SMILES string of the molecule is CCC(NC(=O)C(N)COC)c1ccc2c(c1)OCCO2. The van der Waals surface area contributed by atoms with E-state index in [4.69, 9.17) is 19.9 Å². The number of nitrogens with two attached hydrogens (primary N) is 1. The van der Waals surface area contributed by atoms with Crippen molar-refractivity contribution in [3.63, 3.8) is 0 Å². The summed E-state index contributed by atoms with van der Waals surface area (Å²) in [6, 6.07) is 4.93. The lowest BCUT2D eigenvalue weighted by Crippen LogP contribution is -2.44. The molecule has 1 aliphatic heterocycles. The molecule has 6 nitrogen and oxygen atoms in total. The van der Waals surface area contributed by atoms with Gasteiger partial charge in [0.05, 0.1) is 12.6 Å². The fraction of sp³-hybridized carbons (Fsp3) is 0.533. The molecule has 2 unspecified atom stereocenters. The molecule has 0 bridgehead atoms. The van der Waals surface area contributed by atoms with Crippen LogP contribution in [0.2, 0.25) is 0 Å². The number of nitrogens with one attached hydrogen (secondary N) is 1. The molecule has 2 rings (SSSR count). The van der Waals surface area contributed by atoms with E-state index in [-0.39, 0.29) is 18.6 Å². The highest BCUT2D eigenvalue weighted by atomic mass is 16.6. The molecule has 1 aromatic rings. The quantitative estimate of drug-likeness (QED) is 0.818. The fourth-order valence-electron chi connectivity index (χ4n) is 2.23. The Kier molecular flexibility index (Phi) is 5.41. The highest BCUT2D eigenvalue weighted by molar-refractivity contribution is 5.82. The summed E-state index contributed by atoms with van der Waals surface area (Å²) in [6.07, 6.45) is 0.755. The van der Waals surface area contributed by atoms with Crippen LogP contribution in [-0.2, 0) is 9.53 Å². The molecule has 1 amide bonds. The highest BCUT2D eigenvalue weighted by Crippen LogP contribution is 2.33. The predicted molar refractivity (Wildman–Crippen MR) is 78.5 cm³/mol. The topological polar surface area (TPSA) is 82.8 Å². The Balaban J connectivity index is 2.08. The Bertz CT molecular complexity index is 493. The maximum Gasteiger partial charge on any atom is 0.239 e. The van der Waals surface area contributed by atoms with Gasteiger partial charge in [-0.25, -0.2) is 0 Å². The number of fused-ring (bicyclic) bond motifs is 1. The van der Waals surface area contributed by atoms with Crippen molar-refractivity contribution in [2.75, 3.05) is 26.9 Å². The monoisotopic (exact) mass is 294 g/mol. The molecular formula is C15H22N2O4. The van der Waals surface area contributed by atoms with Crippen LogP contribution in [0.5, 0.6) is 11.5 Å². The second-order valence-electron chi connectivity index (χ2n) is 4.93. The van der Waals surface area contributed by atoms with Crippen LogP contribution in [-0.4, -0.2) is 38.9 Å². The van der Waals surface area contributed by atoms with Gasteiger partial charge in [0, 0.05) is 7.11 Å². The molecular weight excluding hydrogens is 272 g/mol. The summed E-state index contributed by atoms with van der Waals surface area (Å²) in [4.78, 5) is 12.0. The Morgan fingerprint density at radius 3 is 2.76 bits per heavy atom. The summed E-state index contributed by atoms with van der Waals surface area (Å²) in [7, 11) is 1.52. The lowest BCUT2D eigenvalue weighted by molar-refractivity contribution is -0.124. The molecule has 3 N–H and O–H groups in total. The minimum atomic E-state index is -0.665. The predicted octanol–water partition coefficient (Wildman–Crippen LogP) is 0.999. The van der Waals surface area contributed by atoms with Gasteiger partial charge in [-0.3, -0.25) is 4.79 Å². The van der Waals surface area contributed by atoms with Crippen molar-refractivity contribution in [3.8, 4) is 11.5 Å². The van der Waals surface area contributed by atoms with Crippen molar-refractivity contribution >= 4 is 5.91 Å². The van der Waals surface area contributed by atoms with E-state index in [2.05, 4.69) is 5.32 Å². The molecule has 0 aliphatic carbocycles. The van der Waals surface area contributed by atoms with E-state index in [1.54, 1.807) is 0 Å². The molecule has 0 radical (unpaired) electrons. The van der Waals surface area contributed by atoms with E-state index in [9.17, 15) is 4.79 Å². The maximum atomic E-state index is 12.0. The number of carbonyl (C=O) groups excluding carboxylic acids is 1. The molecule has 1 aliphatic rings. The summed E-state index contributed by atoms with van der Waals surface area (Å²) in [6.45, 7) is 3.30. The van der Waals surface area contributed by atoms with Crippen molar-refractivity contribution < 1.29 is 19.0 Å². The van der Waals surface area contributed by atoms with Crippen molar-refractivity contribution in [3.05, 3.63) is 23.8 Å². The van der Waals surface area contributed by atoms with Crippen LogP contribution in [0.1, 0.15) is 24.9 Å². The lowest BCUT2D eigenvalue weighted by Gasteiger charge is -2.23. The van der Waals surface area contributed by atoms with Gasteiger partial charge in [0.25, 0.3) is 0 Å². The third kappa shape index (κ3) is 3.86. The van der Waals surface area contributed by atoms with Gasteiger partial charge in [-0.15, -0.1) is 0 Å². The van der Waals surface area contributed by atoms with E-state index >= 15 is 0 Å². The largest absolute Gasteiger partial charge is 0.486 e. The first-order valence-corrected chi connectivity index (χ1v) is 7.10. The molecule has 6 heteroatoms. The Labute approximate surface area is 124 Å². The molecule has 116 valence electrons. The number of carbonyl (C=O) groups is 1. The van der Waals surface area contributed by atoms with E-state index in [1.165, 1.54) is 7.11 Å². The number of hydrogen-bond donors (Lipinski definition) is 2. The molecule has 0 saturated carbocycles. The van der Waals surface area contributed by atoms with Gasteiger partial charge >= 0.3 is 0 Å².